The number of aryl methyl sites for hydroxylation is 1. The van der Waals surface area contributed by atoms with E-state index in [1.807, 2.05) is 44.2 Å². The minimum atomic E-state index is -0.606. The van der Waals surface area contributed by atoms with Crippen molar-refractivity contribution in [2.45, 2.75) is 20.4 Å². The first kappa shape index (κ1) is 21.9. The van der Waals surface area contributed by atoms with Gasteiger partial charge in [-0.3, -0.25) is 9.48 Å². The Balaban J connectivity index is 1.91. The smallest absolute Gasteiger partial charge is 0.266 e. The van der Waals surface area contributed by atoms with Crippen molar-refractivity contribution in [1.82, 2.24) is 9.78 Å². The Labute approximate surface area is 189 Å². The van der Waals surface area contributed by atoms with E-state index >= 15 is 0 Å². The fourth-order valence-electron chi connectivity index (χ4n) is 2.95. The molecule has 30 heavy (non-hydrogen) atoms. The van der Waals surface area contributed by atoms with Crippen LogP contribution >= 0.6 is 34.8 Å². The quantitative estimate of drug-likeness (QED) is 0.373. The number of nitrogens with one attached hydrogen (secondary N) is 1. The topological polar surface area (TPSA) is 70.7 Å². The number of aromatic nitrogens is 2. The highest BCUT2D eigenvalue weighted by Gasteiger charge is 2.17. The Hall–Kier alpha value is -2.78. The van der Waals surface area contributed by atoms with Crippen molar-refractivity contribution in [2.24, 2.45) is 0 Å². The molecule has 0 saturated heterocycles. The zero-order valence-electron chi connectivity index (χ0n) is 16.2. The monoisotopic (exact) mass is 458 g/mol. The van der Waals surface area contributed by atoms with E-state index in [1.165, 1.54) is 6.08 Å². The molecule has 0 bridgehead atoms. The lowest BCUT2D eigenvalue weighted by molar-refractivity contribution is -0.112. The average Bonchev–Trinajstić information content (AvgIpc) is 2.97. The minimum absolute atomic E-state index is 0.0884. The van der Waals surface area contributed by atoms with E-state index in [0.29, 0.717) is 22.8 Å². The molecule has 0 fully saturated rings. The van der Waals surface area contributed by atoms with Crippen molar-refractivity contribution < 1.29 is 4.79 Å². The average molecular weight is 460 g/mol. The van der Waals surface area contributed by atoms with Gasteiger partial charge in [-0.15, -0.1) is 0 Å². The van der Waals surface area contributed by atoms with Gasteiger partial charge in [0.2, 0.25) is 0 Å². The van der Waals surface area contributed by atoms with Crippen LogP contribution in [-0.4, -0.2) is 15.7 Å². The lowest BCUT2D eigenvalue weighted by Crippen LogP contribution is -2.14. The number of para-hydroxylation sites is 1. The number of anilines is 1. The first-order valence-electron chi connectivity index (χ1n) is 8.96. The summed E-state index contributed by atoms with van der Waals surface area (Å²) in [6.45, 7) is 4.17. The Kier molecular flexibility index (Phi) is 6.84. The summed E-state index contributed by atoms with van der Waals surface area (Å²) in [5, 5.41) is 17.9. The standard InChI is InChI=1S/C22H17Cl3N4O/c1-13-17(14(2)29(28-13)12-15-6-3-4-7-18(15)23)10-16(11-26)22(30)27-21-19(24)8-5-9-20(21)25/h3-10H,12H2,1-2H3,(H,27,30)/b16-10+. The zero-order valence-corrected chi connectivity index (χ0v) is 18.5. The van der Waals surface area contributed by atoms with Crippen LogP contribution in [0.15, 0.2) is 48.0 Å². The molecule has 5 nitrogen and oxygen atoms in total. The van der Waals surface area contributed by atoms with Crippen LogP contribution in [-0.2, 0) is 11.3 Å². The van der Waals surface area contributed by atoms with E-state index in [0.717, 1.165) is 11.3 Å². The predicted octanol–water partition coefficient (Wildman–Crippen LogP) is 6.05. The molecule has 0 aliphatic rings. The molecule has 0 spiro atoms. The van der Waals surface area contributed by atoms with Crippen LogP contribution in [0.3, 0.4) is 0 Å². The van der Waals surface area contributed by atoms with Crippen molar-refractivity contribution in [2.75, 3.05) is 5.32 Å². The molecule has 2 aromatic carbocycles. The van der Waals surface area contributed by atoms with Gasteiger partial charge in [-0.25, -0.2) is 0 Å². The van der Waals surface area contributed by atoms with Crippen LogP contribution in [0.4, 0.5) is 5.69 Å². The number of benzene rings is 2. The molecule has 0 saturated carbocycles. The van der Waals surface area contributed by atoms with Crippen LogP contribution < -0.4 is 5.32 Å². The Morgan fingerprint density at radius 1 is 1.10 bits per heavy atom. The first-order chi connectivity index (χ1) is 14.3. The Morgan fingerprint density at radius 2 is 1.73 bits per heavy atom. The predicted molar refractivity (Wildman–Crippen MR) is 121 cm³/mol. The normalized spacial score (nSPS) is 11.3. The van der Waals surface area contributed by atoms with Crippen LogP contribution in [0.2, 0.25) is 15.1 Å². The van der Waals surface area contributed by atoms with E-state index in [-0.39, 0.29) is 21.3 Å². The van der Waals surface area contributed by atoms with Gasteiger partial charge in [-0.2, -0.15) is 10.4 Å². The van der Waals surface area contributed by atoms with Gasteiger partial charge in [-0.1, -0.05) is 59.1 Å². The van der Waals surface area contributed by atoms with Gasteiger partial charge < -0.3 is 5.32 Å². The molecule has 0 unspecified atom stereocenters. The van der Waals surface area contributed by atoms with Crippen LogP contribution in [0.25, 0.3) is 6.08 Å². The second-order valence-corrected chi connectivity index (χ2v) is 7.78. The fourth-order valence-corrected chi connectivity index (χ4v) is 3.64. The number of carbonyl (C=O) groups is 1. The number of amides is 1. The van der Waals surface area contributed by atoms with E-state index < -0.39 is 5.91 Å². The van der Waals surface area contributed by atoms with Crippen LogP contribution in [0.1, 0.15) is 22.5 Å². The molecule has 152 valence electrons. The Morgan fingerprint density at radius 3 is 2.37 bits per heavy atom. The molecular weight excluding hydrogens is 443 g/mol. The van der Waals surface area contributed by atoms with Crippen molar-refractivity contribution in [3.63, 3.8) is 0 Å². The van der Waals surface area contributed by atoms with Gasteiger partial charge in [0.1, 0.15) is 11.6 Å². The van der Waals surface area contributed by atoms with Crippen LogP contribution in [0, 0.1) is 25.2 Å². The summed E-state index contributed by atoms with van der Waals surface area (Å²) >= 11 is 18.5. The largest absolute Gasteiger partial charge is 0.319 e. The highest BCUT2D eigenvalue weighted by atomic mass is 35.5. The molecule has 0 atom stereocenters. The Bertz CT molecular complexity index is 1170. The molecule has 3 aromatic rings. The van der Waals surface area contributed by atoms with Gasteiger partial charge in [0.15, 0.2) is 0 Å². The summed E-state index contributed by atoms with van der Waals surface area (Å²) in [6.07, 6.45) is 1.51. The molecule has 0 radical (unpaired) electrons. The molecule has 1 heterocycles. The van der Waals surface area contributed by atoms with E-state index in [2.05, 4.69) is 10.4 Å². The maximum absolute atomic E-state index is 12.7. The molecule has 1 amide bonds. The highest BCUT2D eigenvalue weighted by molar-refractivity contribution is 6.40. The molecule has 8 heteroatoms. The summed E-state index contributed by atoms with van der Waals surface area (Å²) in [6, 6.07) is 14.3. The number of hydrogen-bond donors (Lipinski definition) is 1. The van der Waals surface area contributed by atoms with Crippen molar-refractivity contribution in [3.8, 4) is 6.07 Å². The lowest BCUT2D eigenvalue weighted by atomic mass is 10.1. The van der Waals surface area contributed by atoms with E-state index in [9.17, 15) is 10.1 Å². The first-order valence-corrected chi connectivity index (χ1v) is 10.1. The molecule has 3 rings (SSSR count). The van der Waals surface area contributed by atoms with Crippen molar-refractivity contribution in [3.05, 3.63) is 85.6 Å². The van der Waals surface area contributed by atoms with E-state index in [1.54, 1.807) is 22.9 Å². The fraction of sp³-hybridized carbons (Fsp3) is 0.136. The summed E-state index contributed by atoms with van der Waals surface area (Å²) in [5.74, 6) is -0.606. The number of nitriles is 1. The van der Waals surface area contributed by atoms with Crippen molar-refractivity contribution >= 4 is 52.5 Å². The van der Waals surface area contributed by atoms with Gasteiger partial charge in [0.25, 0.3) is 5.91 Å². The summed E-state index contributed by atoms with van der Waals surface area (Å²) < 4.78 is 1.79. The third-order valence-electron chi connectivity index (χ3n) is 4.57. The lowest BCUT2D eigenvalue weighted by Gasteiger charge is -2.09. The third-order valence-corrected chi connectivity index (χ3v) is 5.57. The summed E-state index contributed by atoms with van der Waals surface area (Å²) in [4.78, 5) is 12.7. The summed E-state index contributed by atoms with van der Waals surface area (Å²) in [7, 11) is 0. The maximum Gasteiger partial charge on any atom is 0.266 e. The molecular formula is C22H17Cl3N4O. The summed E-state index contributed by atoms with van der Waals surface area (Å²) in [5.41, 5.74) is 3.29. The third kappa shape index (κ3) is 4.68. The number of halogens is 3. The number of rotatable bonds is 5. The molecule has 0 aliphatic heterocycles. The SMILES string of the molecule is Cc1nn(Cc2ccccc2Cl)c(C)c1/C=C(\C#N)C(=O)Nc1c(Cl)cccc1Cl. The number of nitrogens with zero attached hydrogens (tertiary/aromatic N) is 3. The van der Waals surface area contributed by atoms with Crippen LogP contribution in [0.5, 0.6) is 0 Å². The highest BCUT2D eigenvalue weighted by Crippen LogP contribution is 2.30. The molecule has 1 N–H and O–H groups in total. The van der Waals surface area contributed by atoms with Gasteiger partial charge >= 0.3 is 0 Å². The maximum atomic E-state index is 12.7. The van der Waals surface area contributed by atoms with Gasteiger partial charge in [0.05, 0.1) is 28.0 Å². The number of hydrogen-bond acceptors (Lipinski definition) is 3. The molecule has 1 aromatic heterocycles. The second kappa shape index (κ2) is 9.36. The second-order valence-electron chi connectivity index (χ2n) is 6.55. The van der Waals surface area contributed by atoms with Gasteiger partial charge in [0, 0.05) is 16.3 Å². The minimum Gasteiger partial charge on any atom is -0.319 e. The zero-order chi connectivity index (χ0) is 21.8. The number of carbonyl (C=O) groups excluding carboxylic acids is 1. The molecule has 0 aliphatic carbocycles. The van der Waals surface area contributed by atoms with Crippen molar-refractivity contribution in [1.29, 1.82) is 5.26 Å². The van der Waals surface area contributed by atoms with Gasteiger partial charge in [-0.05, 0) is 43.7 Å². The van der Waals surface area contributed by atoms with E-state index in [4.69, 9.17) is 34.8 Å².